The molecular formula is C64H61N5OPt-2. The van der Waals surface area contributed by atoms with Gasteiger partial charge in [-0.2, -0.15) is 22.9 Å². The summed E-state index contributed by atoms with van der Waals surface area (Å²) < 4.78 is 12.8. The molecule has 0 saturated carbocycles. The topological polar surface area (TPSA) is 48.8 Å². The van der Waals surface area contributed by atoms with Gasteiger partial charge in [0.1, 0.15) is 5.82 Å². The minimum atomic E-state index is -0.241. The summed E-state index contributed by atoms with van der Waals surface area (Å²) in [5.41, 5.74) is 12.4. The number of benzene rings is 7. The van der Waals surface area contributed by atoms with Crippen LogP contribution in [0.3, 0.4) is 0 Å². The van der Waals surface area contributed by atoms with Crippen LogP contribution in [0, 0.1) is 18.5 Å². The van der Waals surface area contributed by atoms with E-state index in [1.807, 2.05) is 35.1 Å². The second-order valence-electron chi connectivity index (χ2n) is 22.1. The molecular weight excluding hydrogens is 1050 g/mol. The van der Waals surface area contributed by atoms with Gasteiger partial charge in [0.2, 0.25) is 12.2 Å². The normalized spacial score (nSPS) is 12.3. The molecule has 0 fully saturated rings. The molecule has 360 valence electrons. The van der Waals surface area contributed by atoms with E-state index in [1.54, 1.807) is 0 Å². The van der Waals surface area contributed by atoms with Gasteiger partial charge in [0.05, 0.1) is 0 Å². The van der Waals surface area contributed by atoms with E-state index in [4.69, 9.17) is 14.8 Å². The first-order valence-corrected chi connectivity index (χ1v) is 24.3. The third-order valence-electron chi connectivity index (χ3n) is 13.7. The maximum absolute atomic E-state index is 6.71. The summed E-state index contributed by atoms with van der Waals surface area (Å²) in [7, 11) is 0. The molecule has 0 spiro atoms. The predicted molar refractivity (Wildman–Crippen MR) is 286 cm³/mol. The molecule has 7 heteroatoms. The van der Waals surface area contributed by atoms with E-state index in [-0.39, 0.29) is 42.7 Å². The van der Waals surface area contributed by atoms with Gasteiger partial charge >= 0.3 is 0 Å². The van der Waals surface area contributed by atoms with Gasteiger partial charge in [-0.15, -0.1) is 29.7 Å². The number of nitrogens with zero attached hydrogens (tertiary/aromatic N) is 5. The van der Waals surface area contributed by atoms with Gasteiger partial charge < -0.3 is 13.9 Å². The van der Waals surface area contributed by atoms with Crippen LogP contribution in [0.4, 0.5) is 0 Å². The minimum absolute atomic E-state index is 0. The molecule has 0 aliphatic heterocycles. The number of rotatable bonds is 9. The summed E-state index contributed by atoms with van der Waals surface area (Å²) in [5, 5.41) is 7.62. The SMILES string of the molecule is CC(C)(C)c1cc(-[n+]2[c-]n(-c3[c-]c(Oc4[c-]c5c(cc4)c4ccccc4n5-c4cc(C(C)(C)c5ccccc5)ccn4)ccc3)nc2-c2cc(C(C)(C)C)ccc2-c2ccccc2)cc(C(C)(C)C)c1.[Pt]. The molecule has 0 radical (unpaired) electrons. The average Bonchev–Trinajstić information content (AvgIpc) is 3.94. The van der Waals surface area contributed by atoms with Crippen LogP contribution in [0.5, 0.6) is 11.5 Å². The van der Waals surface area contributed by atoms with Crippen molar-refractivity contribution in [2.75, 3.05) is 0 Å². The van der Waals surface area contributed by atoms with Crippen molar-refractivity contribution in [3.05, 3.63) is 216 Å². The van der Waals surface area contributed by atoms with Crippen molar-refractivity contribution < 1.29 is 30.4 Å². The zero-order valence-corrected chi connectivity index (χ0v) is 44.9. The van der Waals surface area contributed by atoms with Crippen molar-refractivity contribution in [1.29, 1.82) is 0 Å². The maximum atomic E-state index is 6.71. The van der Waals surface area contributed by atoms with E-state index >= 15 is 0 Å². The number of fused-ring (bicyclic) bond motifs is 3. The average molecular weight is 1110 g/mol. The fourth-order valence-electron chi connectivity index (χ4n) is 9.30. The zero-order chi connectivity index (χ0) is 49.2. The Kier molecular flexibility index (Phi) is 12.9. The quantitative estimate of drug-likeness (QED) is 0.107. The Morgan fingerprint density at radius 3 is 1.85 bits per heavy atom. The molecule has 0 amide bonds. The van der Waals surface area contributed by atoms with Crippen molar-refractivity contribution in [3.63, 3.8) is 0 Å². The third-order valence-corrected chi connectivity index (χ3v) is 13.7. The van der Waals surface area contributed by atoms with Crippen LogP contribution in [-0.2, 0) is 42.7 Å². The smallest absolute Gasteiger partial charge is 0.232 e. The molecule has 10 aromatic rings. The number of aromatic nitrogens is 5. The van der Waals surface area contributed by atoms with Crippen LogP contribution in [-0.4, -0.2) is 19.3 Å². The summed E-state index contributed by atoms with van der Waals surface area (Å²) in [6, 6.07) is 64.9. The van der Waals surface area contributed by atoms with E-state index in [1.165, 1.54) is 27.8 Å². The molecule has 71 heavy (non-hydrogen) atoms. The fourth-order valence-corrected chi connectivity index (χ4v) is 9.30. The van der Waals surface area contributed by atoms with E-state index in [0.717, 1.165) is 55.8 Å². The van der Waals surface area contributed by atoms with E-state index in [9.17, 15) is 0 Å². The first kappa shape index (κ1) is 49.1. The summed E-state index contributed by atoms with van der Waals surface area (Å²) in [5.74, 6) is 2.68. The molecule has 6 nitrogen and oxygen atoms in total. The Bertz CT molecular complexity index is 3510. The van der Waals surface area contributed by atoms with Gasteiger partial charge in [-0.3, -0.25) is 0 Å². The Morgan fingerprint density at radius 1 is 0.507 bits per heavy atom. The summed E-state index contributed by atoms with van der Waals surface area (Å²) in [4.78, 5) is 4.95. The molecule has 0 atom stereocenters. The van der Waals surface area contributed by atoms with Crippen molar-refractivity contribution in [1.82, 2.24) is 19.3 Å². The van der Waals surface area contributed by atoms with Crippen molar-refractivity contribution in [2.45, 2.75) is 97.8 Å². The van der Waals surface area contributed by atoms with Gasteiger partial charge in [-0.1, -0.05) is 197 Å². The Balaban J connectivity index is 0.00000624. The van der Waals surface area contributed by atoms with Gasteiger partial charge in [0.25, 0.3) is 0 Å². The molecule has 10 rings (SSSR count). The van der Waals surface area contributed by atoms with Crippen LogP contribution in [0.1, 0.15) is 104 Å². The second-order valence-corrected chi connectivity index (χ2v) is 22.1. The van der Waals surface area contributed by atoms with Crippen molar-refractivity contribution in [2.24, 2.45) is 0 Å². The Hall–Kier alpha value is -6.88. The van der Waals surface area contributed by atoms with Crippen LogP contribution < -0.4 is 9.30 Å². The molecule has 7 aromatic carbocycles. The number of pyridine rings is 1. The summed E-state index contributed by atoms with van der Waals surface area (Å²) >= 11 is 0. The predicted octanol–water partition coefficient (Wildman–Crippen LogP) is 15.4. The largest absolute Gasteiger partial charge is 0.510 e. The zero-order valence-electron chi connectivity index (χ0n) is 42.6. The molecule has 0 N–H and O–H groups in total. The molecule has 0 unspecified atom stereocenters. The summed E-state index contributed by atoms with van der Waals surface area (Å²) in [6.07, 6.45) is 5.62. The molecule has 3 heterocycles. The van der Waals surface area contributed by atoms with Crippen LogP contribution in [0.25, 0.3) is 61.5 Å². The van der Waals surface area contributed by atoms with Crippen LogP contribution in [0.2, 0.25) is 0 Å². The number of para-hydroxylation sites is 1. The third kappa shape index (κ3) is 9.67. The number of ether oxygens (including phenoxy) is 1. The molecule has 0 saturated heterocycles. The Morgan fingerprint density at radius 2 is 1.15 bits per heavy atom. The Labute approximate surface area is 434 Å². The summed E-state index contributed by atoms with van der Waals surface area (Å²) in [6.45, 7) is 24.9. The van der Waals surface area contributed by atoms with Gasteiger partial charge in [0, 0.05) is 60.9 Å². The molecule has 3 aromatic heterocycles. The second kappa shape index (κ2) is 18.7. The minimum Gasteiger partial charge on any atom is -0.510 e. The van der Waals surface area contributed by atoms with E-state index < -0.39 is 0 Å². The first-order chi connectivity index (χ1) is 33.3. The van der Waals surface area contributed by atoms with Crippen molar-refractivity contribution in [3.8, 4) is 51.2 Å². The van der Waals surface area contributed by atoms with Gasteiger partial charge in [-0.05, 0) is 89.6 Å². The van der Waals surface area contributed by atoms with Gasteiger partial charge in [-0.25, -0.2) is 4.98 Å². The monoisotopic (exact) mass is 1110 g/mol. The number of hydrogen-bond acceptors (Lipinski definition) is 3. The first-order valence-electron chi connectivity index (χ1n) is 24.3. The fraction of sp³-hybridized carbons (Fsp3) is 0.234. The van der Waals surface area contributed by atoms with E-state index in [2.05, 4.69) is 243 Å². The molecule has 0 aliphatic rings. The van der Waals surface area contributed by atoms with Gasteiger partial charge in [0.15, 0.2) is 0 Å². The molecule has 0 bridgehead atoms. The standard InChI is InChI=1S/C64H61N5O.Pt/c1-61(2,3)45-29-31-53(43-21-14-12-15-22-43)56(38-45)60-66-68(42-67(60)50-36-47(62(4,5)6)35-48(37-50)63(7,8)9)49-25-20-26-51(40-49)70-52-30-32-55-54-27-18-19-28-57(54)69(58(55)41-52)59-39-46(33-34-65-59)64(10,11)44-23-16-13-17-24-44;/h12-39H,1-11H3;/q-2;. The maximum Gasteiger partial charge on any atom is 0.232 e. The van der Waals surface area contributed by atoms with Crippen LogP contribution in [0.15, 0.2) is 170 Å². The molecule has 0 aliphatic carbocycles. The van der Waals surface area contributed by atoms with Crippen molar-refractivity contribution >= 4 is 21.8 Å². The number of hydrogen-bond donors (Lipinski definition) is 0. The van der Waals surface area contributed by atoms with E-state index in [0.29, 0.717) is 17.2 Å². The van der Waals surface area contributed by atoms with Crippen LogP contribution >= 0.6 is 0 Å².